The Balaban J connectivity index is 1.38. The molecule has 222 valence electrons. The lowest BCUT2D eigenvalue weighted by atomic mass is 9.96. The molecule has 0 saturated heterocycles. The first-order valence-electron chi connectivity index (χ1n) is 13.9. The third-order valence-corrected chi connectivity index (χ3v) is 7.81. The van der Waals surface area contributed by atoms with Gasteiger partial charge in [-0.05, 0) is 41.8 Å². The molecule has 1 aliphatic rings. The Bertz CT molecular complexity index is 1750. The summed E-state index contributed by atoms with van der Waals surface area (Å²) >= 11 is 0. The van der Waals surface area contributed by atoms with Gasteiger partial charge in [-0.1, -0.05) is 50.3 Å². The summed E-state index contributed by atoms with van der Waals surface area (Å²) in [7, 11) is -3.13. The Labute approximate surface area is 250 Å². The van der Waals surface area contributed by atoms with Crippen LogP contribution in [-0.2, 0) is 16.3 Å². The van der Waals surface area contributed by atoms with Gasteiger partial charge in [0.05, 0.1) is 23.8 Å². The maximum atomic E-state index is 11.4. The van der Waals surface area contributed by atoms with Crippen LogP contribution in [0.5, 0.6) is 5.75 Å². The monoisotopic (exact) mass is 599 g/mol. The summed E-state index contributed by atoms with van der Waals surface area (Å²) in [5.41, 5.74) is 6.35. The molecule has 13 heteroatoms. The molecule has 12 nitrogen and oxygen atoms in total. The number of rotatable bonds is 12. The lowest BCUT2D eigenvalue weighted by Crippen LogP contribution is -2.33. The highest BCUT2D eigenvalue weighted by Crippen LogP contribution is 2.33. The van der Waals surface area contributed by atoms with Gasteiger partial charge >= 0.3 is 0 Å². The number of ether oxygens (including phenoxy) is 1. The van der Waals surface area contributed by atoms with Crippen molar-refractivity contribution in [2.75, 3.05) is 23.5 Å². The van der Waals surface area contributed by atoms with Crippen molar-refractivity contribution in [1.29, 1.82) is 0 Å². The smallest absolute Gasteiger partial charge is 0.235 e. The topological polar surface area (TPSA) is 152 Å². The van der Waals surface area contributed by atoms with Crippen molar-refractivity contribution in [1.82, 2.24) is 35.6 Å². The average molecular weight is 600 g/mol. The van der Waals surface area contributed by atoms with Crippen LogP contribution in [0.25, 0.3) is 22.6 Å². The van der Waals surface area contributed by atoms with E-state index in [-0.39, 0.29) is 12.4 Å². The molecule has 0 aliphatic carbocycles. The molecular formula is C30H33N9O3S. The Morgan fingerprint density at radius 2 is 1.79 bits per heavy atom. The van der Waals surface area contributed by atoms with E-state index in [1.165, 1.54) is 18.6 Å². The Hall–Kier alpha value is -4.78. The van der Waals surface area contributed by atoms with Crippen LogP contribution in [0.2, 0.25) is 0 Å². The van der Waals surface area contributed by atoms with E-state index in [0.717, 1.165) is 64.4 Å². The number of nitrogens with zero attached hydrogens (tertiary/aromatic N) is 8. The molecule has 0 fully saturated rings. The summed E-state index contributed by atoms with van der Waals surface area (Å²) < 4.78 is 28.3. The number of unbranched alkanes of at least 4 members (excludes halogenated alkanes) is 1. The predicted molar refractivity (Wildman–Crippen MR) is 165 cm³/mol. The van der Waals surface area contributed by atoms with E-state index in [1.807, 2.05) is 48.4 Å². The fourth-order valence-electron chi connectivity index (χ4n) is 4.72. The number of amidine groups is 1. The van der Waals surface area contributed by atoms with Gasteiger partial charge in [0.2, 0.25) is 5.95 Å². The minimum atomic E-state index is -3.13. The highest BCUT2D eigenvalue weighted by molar-refractivity contribution is 7.90. The van der Waals surface area contributed by atoms with Gasteiger partial charge in [0.15, 0.2) is 21.4 Å². The van der Waals surface area contributed by atoms with Crippen molar-refractivity contribution in [2.24, 2.45) is 4.99 Å². The quantitative estimate of drug-likeness (QED) is 0.245. The zero-order chi connectivity index (χ0) is 30.4. The second kappa shape index (κ2) is 13.0. The van der Waals surface area contributed by atoms with E-state index in [0.29, 0.717) is 23.9 Å². The standard InChI is InChI=1S/C30H33N9O3S/c1-5-6-11-28-26(16-22-12-13-27(31-17-22)24-9-7-8-10-25(24)29-35-37-38-36-29)20(2)39(21(3)34-28)30-32-18-23(19-33-30)42-14-15-43(4,40)41/h7-10,12-13,17-19H,2,5-6,11,14-16H2,1,3-4H3,(H,35,36,37,38). The number of hydrogen-bond acceptors (Lipinski definition) is 11. The van der Waals surface area contributed by atoms with E-state index < -0.39 is 9.84 Å². The van der Waals surface area contributed by atoms with Crippen LogP contribution in [0.4, 0.5) is 5.95 Å². The SMILES string of the molecule is C=C1C(Cc2ccc(-c3ccccc3-c3nnn[nH]3)nc2)=C(CCCC)N=C(C)N1c1ncc(OCCS(C)(=O)=O)cn1. The van der Waals surface area contributed by atoms with E-state index in [4.69, 9.17) is 14.7 Å². The number of aromatic nitrogens is 7. The van der Waals surface area contributed by atoms with Crippen molar-refractivity contribution in [3.05, 3.63) is 84.1 Å². The van der Waals surface area contributed by atoms with Crippen molar-refractivity contribution in [3.63, 3.8) is 0 Å². The molecule has 4 heterocycles. The number of H-pyrrole nitrogens is 1. The lowest BCUT2D eigenvalue weighted by molar-refractivity contribution is 0.338. The summed E-state index contributed by atoms with van der Waals surface area (Å²) in [5.74, 6) is 2.00. The van der Waals surface area contributed by atoms with Crippen molar-refractivity contribution < 1.29 is 13.2 Å². The second-order valence-electron chi connectivity index (χ2n) is 10.2. The molecule has 4 aromatic rings. The van der Waals surface area contributed by atoms with E-state index in [9.17, 15) is 8.42 Å². The van der Waals surface area contributed by atoms with Gasteiger partial charge in [-0.3, -0.25) is 9.88 Å². The molecule has 1 N–H and O–H groups in total. The highest BCUT2D eigenvalue weighted by Gasteiger charge is 2.27. The van der Waals surface area contributed by atoms with Crippen LogP contribution in [0, 0.1) is 0 Å². The van der Waals surface area contributed by atoms with Gasteiger partial charge in [0.25, 0.3) is 0 Å². The normalized spacial score (nSPS) is 13.8. The molecule has 0 amide bonds. The Kier molecular flexibility index (Phi) is 9.00. The lowest BCUT2D eigenvalue weighted by Gasteiger charge is -2.31. The van der Waals surface area contributed by atoms with Crippen LogP contribution in [0.3, 0.4) is 0 Å². The summed E-state index contributed by atoms with van der Waals surface area (Å²) in [6.45, 7) is 8.52. The van der Waals surface area contributed by atoms with E-state index in [1.54, 1.807) is 0 Å². The highest BCUT2D eigenvalue weighted by atomic mass is 32.2. The second-order valence-corrected chi connectivity index (χ2v) is 12.5. The summed E-state index contributed by atoms with van der Waals surface area (Å²) in [6, 6.07) is 11.9. The maximum absolute atomic E-state index is 11.4. The number of pyridine rings is 1. The zero-order valence-electron chi connectivity index (χ0n) is 24.4. The molecule has 0 atom stereocenters. The molecule has 0 bridgehead atoms. The number of anilines is 1. The number of tetrazole rings is 1. The number of sulfone groups is 1. The number of aliphatic imine (C=N–C) groups is 1. The predicted octanol–water partition coefficient (Wildman–Crippen LogP) is 4.58. The molecule has 0 unspecified atom stereocenters. The maximum Gasteiger partial charge on any atom is 0.235 e. The number of aromatic amines is 1. The Morgan fingerprint density at radius 3 is 2.44 bits per heavy atom. The van der Waals surface area contributed by atoms with Crippen LogP contribution < -0.4 is 9.64 Å². The minimum Gasteiger partial charge on any atom is -0.489 e. The first-order valence-corrected chi connectivity index (χ1v) is 16.0. The van der Waals surface area contributed by atoms with Gasteiger partial charge in [0.1, 0.15) is 12.4 Å². The molecule has 1 aliphatic heterocycles. The minimum absolute atomic E-state index is 0.0296. The van der Waals surface area contributed by atoms with E-state index in [2.05, 4.69) is 50.2 Å². The molecule has 5 rings (SSSR count). The van der Waals surface area contributed by atoms with Crippen LogP contribution in [-0.4, -0.2) is 68.4 Å². The van der Waals surface area contributed by atoms with Crippen LogP contribution in [0.1, 0.15) is 38.7 Å². The first kappa shape index (κ1) is 29.7. The molecule has 0 radical (unpaired) electrons. The number of nitrogens with one attached hydrogen (secondary N) is 1. The van der Waals surface area contributed by atoms with Gasteiger partial charge in [0, 0.05) is 47.0 Å². The van der Waals surface area contributed by atoms with Gasteiger partial charge in [-0.2, -0.15) is 0 Å². The summed E-state index contributed by atoms with van der Waals surface area (Å²) in [5, 5.41) is 14.3. The number of hydrogen-bond donors (Lipinski definition) is 1. The third-order valence-electron chi connectivity index (χ3n) is 6.90. The average Bonchev–Trinajstić information content (AvgIpc) is 3.53. The van der Waals surface area contributed by atoms with Crippen molar-refractivity contribution >= 4 is 21.6 Å². The van der Waals surface area contributed by atoms with Crippen molar-refractivity contribution in [2.45, 2.75) is 39.5 Å². The molecule has 43 heavy (non-hydrogen) atoms. The molecule has 3 aromatic heterocycles. The van der Waals surface area contributed by atoms with Gasteiger partial charge in [-0.25, -0.2) is 28.5 Å². The third kappa shape index (κ3) is 7.17. The Morgan fingerprint density at radius 1 is 1.02 bits per heavy atom. The summed E-state index contributed by atoms with van der Waals surface area (Å²) in [6.07, 6.45) is 9.55. The molecular weight excluding hydrogens is 566 g/mol. The fourth-order valence-corrected chi connectivity index (χ4v) is 5.11. The number of allylic oxidation sites excluding steroid dienone is 2. The first-order chi connectivity index (χ1) is 20.7. The van der Waals surface area contributed by atoms with Gasteiger partial charge < -0.3 is 4.74 Å². The van der Waals surface area contributed by atoms with Crippen LogP contribution >= 0.6 is 0 Å². The van der Waals surface area contributed by atoms with Gasteiger partial charge in [-0.15, -0.1) is 5.10 Å². The molecule has 1 aromatic carbocycles. The molecule has 0 spiro atoms. The zero-order valence-corrected chi connectivity index (χ0v) is 25.2. The molecule has 0 saturated carbocycles. The van der Waals surface area contributed by atoms with E-state index >= 15 is 0 Å². The largest absolute Gasteiger partial charge is 0.489 e. The van der Waals surface area contributed by atoms with Crippen LogP contribution in [0.15, 0.2) is 83.5 Å². The summed E-state index contributed by atoms with van der Waals surface area (Å²) in [4.78, 5) is 20.5. The fraction of sp³-hybridized carbons (Fsp3) is 0.300. The number of benzene rings is 1. The van der Waals surface area contributed by atoms with Crippen molar-refractivity contribution in [3.8, 4) is 28.4 Å².